The van der Waals surface area contributed by atoms with Gasteiger partial charge in [-0.05, 0) is 12.1 Å². The maximum Gasteiger partial charge on any atom is 0.243 e. The monoisotopic (exact) mass is 401 g/mol. The van der Waals surface area contributed by atoms with Crippen molar-refractivity contribution in [1.82, 2.24) is 29.9 Å². The van der Waals surface area contributed by atoms with Crippen molar-refractivity contribution in [2.45, 2.75) is 19.9 Å². The van der Waals surface area contributed by atoms with Gasteiger partial charge in [0.1, 0.15) is 31.1 Å². The minimum absolute atomic E-state index is 0.0506. The molecule has 1 N–H and O–H groups in total. The van der Waals surface area contributed by atoms with Crippen LogP contribution in [0.3, 0.4) is 0 Å². The molecule has 0 aliphatic carbocycles. The Kier molecular flexibility index (Phi) is 8.94. The fourth-order valence-corrected chi connectivity index (χ4v) is 2.55. The third-order valence-electron chi connectivity index (χ3n) is 4.31. The predicted octanol–water partition coefficient (Wildman–Crippen LogP) is 0.885. The lowest BCUT2D eigenvalue weighted by Crippen LogP contribution is -2.42. The number of nitrogens with zero attached hydrogens (tertiary/aromatic N) is 6. The second-order valence-electron chi connectivity index (χ2n) is 6.73. The highest BCUT2D eigenvalue weighted by atomic mass is 16.5. The average Bonchev–Trinajstić information content (AvgIpc) is 3.18. The van der Waals surface area contributed by atoms with Gasteiger partial charge in [0, 0.05) is 40.7 Å². The SMILES string of the molecule is CCc1nncn1CCNC(=NCC(=O)N(C)C)N(C)CCOc1ccccc1. The molecule has 0 spiro atoms. The van der Waals surface area contributed by atoms with E-state index in [-0.39, 0.29) is 12.5 Å². The average molecular weight is 402 g/mol. The number of aliphatic imine (C=N–C) groups is 1. The number of benzene rings is 1. The Morgan fingerprint density at radius 2 is 2.00 bits per heavy atom. The van der Waals surface area contributed by atoms with Crippen LogP contribution in [-0.2, 0) is 17.8 Å². The molecule has 1 heterocycles. The highest BCUT2D eigenvalue weighted by Gasteiger charge is 2.10. The number of rotatable bonds is 10. The zero-order valence-electron chi connectivity index (χ0n) is 17.7. The summed E-state index contributed by atoms with van der Waals surface area (Å²) in [7, 11) is 5.37. The number of likely N-dealkylation sites (N-methyl/N-ethyl adjacent to an activating group) is 2. The Hall–Kier alpha value is -3.10. The number of carbonyl (C=O) groups excluding carboxylic acids is 1. The lowest BCUT2D eigenvalue weighted by Gasteiger charge is -2.23. The predicted molar refractivity (Wildman–Crippen MR) is 113 cm³/mol. The first-order valence-corrected chi connectivity index (χ1v) is 9.75. The van der Waals surface area contributed by atoms with Crippen molar-refractivity contribution in [3.05, 3.63) is 42.5 Å². The Morgan fingerprint density at radius 3 is 2.69 bits per heavy atom. The van der Waals surface area contributed by atoms with Crippen molar-refractivity contribution in [3.8, 4) is 5.75 Å². The molecular formula is C20H31N7O2. The molecule has 158 valence electrons. The van der Waals surface area contributed by atoms with E-state index in [4.69, 9.17) is 4.74 Å². The number of amides is 1. The molecule has 0 radical (unpaired) electrons. The van der Waals surface area contributed by atoms with Crippen LogP contribution >= 0.6 is 0 Å². The van der Waals surface area contributed by atoms with Crippen molar-refractivity contribution in [1.29, 1.82) is 0 Å². The van der Waals surface area contributed by atoms with E-state index in [1.165, 1.54) is 4.90 Å². The molecule has 0 aliphatic rings. The molecule has 0 fully saturated rings. The van der Waals surface area contributed by atoms with Crippen LogP contribution in [0, 0.1) is 0 Å². The molecule has 1 amide bonds. The van der Waals surface area contributed by atoms with Crippen LogP contribution in [0.2, 0.25) is 0 Å². The molecular weight excluding hydrogens is 370 g/mol. The molecule has 9 nitrogen and oxygen atoms in total. The molecule has 9 heteroatoms. The number of guanidine groups is 1. The first-order chi connectivity index (χ1) is 14.0. The number of carbonyl (C=O) groups is 1. The maximum atomic E-state index is 11.9. The normalized spacial score (nSPS) is 11.2. The Bertz CT molecular complexity index is 774. The summed E-state index contributed by atoms with van der Waals surface area (Å²) in [5.41, 5.74) is 0. The number of ether oxygens (including phenoxy) is 1. The molecule has 0 atom stereocenters. The summed E-state index contributed by atoms with van der Waals surface area (Å²) in [6.07, 6.45) is 2.55. The quantitative estimate of drug-likeness (QED) is 0.470. The van der Waals surface area contributed by atoms with E-state index in [0.717, 1.165) is 18.0 Å². The number of aryl methyl sites for hydroxylation is 1. The summed E-state index contributed by atoms with van der Waals surface area (Å²) in [6, 6.07) is 9.68. The standard InChI is InChI=1S/C20H31N7O2/c1-5-18-24-23-16-27(18)12-11-21-20(22-15-19(28)25(2)3)26(4)13-14-29-17-9-7-6-8-10-17/h6-10,16H,5,11-15H2,1-4H3,(H,21,22). The lowest BCUT2D eigenvalue weighted by atomic mass is 10.3. The number of nitrogens with one attached hydrogen (secondary N) is 1. The van der Waals surface area contributed by atoms with Gasteiger partial charge in [-0.3, -0.25) is 4.79 Å². The number of para-hydroxylation sites is 1. The van der Waals surface area contributed by atoms with E-state index < -0.39 is 0 Å². The van der Waals surface area contributed by atoms with Gasteiger partial charge >= 0.3 is 0 Å². The summed E-state index contributed by atoms with van der Waals surface area (Å²) in [6.45, 7) is 4.63. The van der Waals surface area contributed by atoms with Gasteiger partial charge in [-0.15, -0.1) is 10.2 Å². The summed E-state index contributed by atoms with van der Waals surface area (Å²) >= 11 is 0. The van der Waals surface area contributed by atoms with Crippen LogP contribution in [0.1, 0.15) is 12.7 Å². The fraction of sp³-hybridized carbons (Fsp3) is 0.500. The van der Waals surface area contributed by atoms with Gasteiger partial charge in [0.05, 0.1) is 6.54 Å². The largest absolute Gasteiger partial charge is 0.492 e. The van der Waals surface area contributed by atoms with E-state index in [1.807, 2.05) is 53.8 Å². The zero-order chi connectivity index (χ0) is 21.1. The third-order valence-corrected chi connectivity index (χ3v) is 4.31. The van der Waals surface area contributed by atoms with Crippen LogP contribution in [-0.4, -0.2) is 83.8 Å². The van der Waals surface area contributed by atoms with Gasteiger partial charge in [0.2, 0.25) is 5.91 Å². The van der Waals surface area contributed by atoms with Gasteiger partial charge in [-0.25, -0.2) is 4.99 Å². The summed E-state index contributed by atoms with van der Waals surface area (Å²) in [4.78, 5) is 19.9. The molecule has 29 heavy (non-hydrogen) atoms. The maximum absolute atomic E-state index is 11.9. The van der Waals surface area contributed by atoms with Crippen LogP contribution < -0.4 is 10.1 Å². The molecule has 0 saturated heterocycles. The Balaban J connectivity index is 1.91. The van der Waals surface area contributed by atoms with E-state index in [9.17, 15) is 4.79 Å². The second-order valence-corrected chi connectivity index (χ2v) is 6.73. The van der Waals surface area contributed by atoms with E-state index in [1.54, 1.807) is 20.4 Å². The molecule has 0 unspecified atom stereocenters. The van der Waals surface area contributed by atoms with Gasteiger partial charge < -0.3 is 24.4 Å². The highest BCUT2D eigenvalue weighted by Crippen LogP contribution is 2.07. The van der Waals surface area contributed by atoms with Crippen molar-refractivity contribution in [2.75, 3.05) is 47.4 Å². The van der Waals surface area contributed by atoms with Crippen molar-refractivity contribution < 1.29 is 9.53 Å². The Morgan fingerprint density at radius 1 is 1.24 bits per heavy atom. The molecule has 1 aromatic carbocycles. The molecule has 1 aromatic heterocycles. The molecule has 2 rings (SSSR count). The highest BCUT2D eigenvalue weighted by molar-refractivity contribution is 5.84. The van der Waals surface area contributed by atoms with Crippen LogP contribution in [0.5, 0.6) is 5.75 Å². The van der Waals surface area contributed by atoms with E-state index in [2.05, 4.69) is 20.5 Å². The fourth-order valence-electron chi connectivity index (χ4n) is 2.55. The topological polar surface area (TPSA) is 87.9 Å². The van der Waals surface area contributed by atoms with Crippen molar-refractivity contribution >= 4 is 11.9 Å². The number of hydrogen-bond acceptors (Lipinski definition) is 5. The van der Waals surface area contributed by atoms with E-state index in [0.29, 0.717) is 32.2 Å². The van der Waals surface area contributed by atoms with Crippen LogP contribution in [0.25, 0.3) is 0 Å². The zero-order valence-corrected chi connectivity index (χ0v) is 17.7. The van der Waals surface area contributed by atoms with Gasteiger partial charge in [-0.1, -0.05) is 25.1 Å². The number of hydrogen-bond donors (Lipinski definition) is 1. The third kappa shape index (κ3) is 7.44. The number of aromatic nitrogens is 3. The van der Waals surface area contributed by atoms with E-state index >= 15 is 0 Å². The molecule has 0 bridgehead atoms. The first kappa shape index (κ1) is 22.2. The summed E-state index contributed by atoms with van der Waals surface area (Å²) in [5.74, 6) is 2.38. The minimum Gasteiger partial charge on any atom is -0.492 e. The lowest BCUT2D eigenvalue weighted by molar-refractivity contribution is -0.127. The van der Waals surface area contributed by atoms with Crippen LogP contribution in [0.15, 0.2) is 41.7 Å². The van der Waals surface area contributed by atoms with Crippen molar-refractivity contribution in [2.24, 2.45) is 4.99 Å². The van der Waals surface area contributed by atoms with Gasteiger partial charge in [0.15, 0.2) is 5.96 Å². The smallest absolute Gasteiger partial charge is 0.243 e. The van der Waals surface area contributed by atoms with Gasteiger partial charge in [-0.2, -0.15) is 0 Å². The molecule has 0 saturated carbocycles. The minimum atomic E-state index is -0.0506. The summed E-state index contributed by atoms with van der Waals surface area (Å²) in [5, 5.41) is 11.4. The molecule has 0 aliphatic heterocycles. The molecule has 2 aromatic rings. The Labute approximate surface area is 172 Å². The first-order valence-electron chi connectivity index (χ1n) is 9.75. The second kappa shape index (κ2) is 11.7. The van der Waals surface area contributed by atoms with Gasteiger partial charge in [0.25, 0.3) is 0 Å². The van der Waals surface area contributed by atoms with Crippen molar-refractivity contribution in [3.63, 3.8) is 0 Å². The summed E-state index contributed by atoms with van der Waals surface area (Å²) < 4.78 is 7.77. The van der Waals surface area contributed by atoms with Crippen LogP contribution in [0.4, 0.5) is 0 Å².